The summed E-state index contributed by atoms with van der Waals surface area (Å²) in [6, 6.07) is 20.9. The van der Waals surface area contributed by atoms with E-state index in [1.54, 1.807) is 30.3 Å². The summed E-state index contributed by atoms with van der Waals surface area (Å²) in [5, 5.41) is 4.95. The van der Waals surface area contributed by atoms with Gasteiger partial charge in [0.05, 0.1) is 48.5 Å². The second-order valence-electron chi connectivity index (χ2n) is 8.93. The number of methoxy groups -OCH3 is 3. The Bertz CT molecular complexity index is 1920. The lowest BCUT2D eigenvalue weighted by molar-refractivity contribution is 0.0732. The number of nitrogens with zero attached hydrogens (tertiary/aromatic N) is 3. The van der Waals surface area contributed by atoms with E-state index in [9.17, 15) is 9.59 Å². The maximum Gasteiger partial charge on any atom is 0.343 e. The van der Waals surface area contributed by atoms with E-state index in [1.807, 2.05) is 30.3 Å². The monoisotopic (exact) mass is 769 g/mol. The molecule has 4 aromatic carbocycles. The number of hydrogen-bond acceptors (Lipinski definition) is 8. The number of aromatic nitrogens is 2. The lowest BCUT2D eigenvalue weighted by Gasteiger charge is -2.15. The Morgan fingerprint density at radius 2 is 1.51 bits per heavy atom. The van der Waals surface area contributed by atoms with Gasteiger partial charge in [-0.3, -0.25) is 4.79 Å². The van der Waals surface area contributed by atoms with E-state index in [1.165, 1.54) is 44.4 Å². The van der Waals surface area contributed by atoms with Crippen molar-refractivity contribution < 1.29 is 23.7 Å². The molecule has 0 spiro atoms. The second-order valence-corrected chi connectivity index (χ2v) is 11.6. The Labute approximate surface area is 271 Å². The van der Waals surface area contributed by atoms with Crippen LogP contribution in [-0.2, 0) is 0 Å². The van der Waals surface area contributed by atoms with Crippen LogP contribution in [0.25, 0.3) is 22.3 Å². The summed E-state index contributed by atoms with van der Waals surface area (Å²) in [5.74, 6) is 0.783. The predicted molar refractivity (Wildman–Crippen MR) is 175 cm³/mol. The molecule has 0 aliphatic rings. The highest BCUT2D eigenvalue weighted by Gasteiger charge is 2.21. The van der Waals surface area contributed by atoms with Crippen LogP contribution in [0.1, 0.15) is 15.9 Å². The summed E-state index contributed by atoms with van der Waals surface area (Å²) >= 11 is 10.4. The van der Waals surface area contributed by atoms with Crippen molar-refractivity contribution in [2.24, 2.45) is 5.10 Å². The van der Waals surface area contributed by atoms with Gasteiger partial charge in [0.15, 0.2) is 23.1 Å². The van der Waals surface area contributed by atoms with E-state index in [0.29, 0.717) is 54.0 Å². The zero-order chi connectivity index (χ0) is 30.7. The van der Waals surface area contributed by atoms with E-state index < -0.39 is 5.97 Å². The maximum absolute atomic E-state index is 13.6. The van der Waals surface area contributed by atoms with E-state index in [2.05, 4.69) is 52.9 Å². The van der Waals surface area contributed by atoms with Crippen LogP contribution in [-0.4, -0.2) is 43.2 Å². The zero-order valence-electron chi connectivity index (χ0n) is 22.9. The Kier molecular flexibility index (Phi) is 9.28. The molecule has 5 rings (SSSR count). The molecule has 0 unspecified atom stereocenters. The molecule has 43 heavy (non-hydrogen) atoms. The number of halogens is 3. The topological polar surface area (TPSA) is 101 Å². The van der Waals surface area contributed by atoms with Crippen LogP contribution >= 0.6 is 47.8 Å². The van der Waals surface area contributed by atoms with Crippen LogP contribution in [0, 0.1) is 0 Å². The highest BCUT2D eigenvalue weighted by Crippen LogP contribution is 2.39. The highest BCUT2D eigenvalue weighted by molar-refractivity contribution is 9.11. The molecule has 0 N–H and O–H groups in total. The van der Waals surface area contributed by atoms with Gasteiger partial charge < -0.3 is 18.9 Å². The molecule has 0 amide bonds. The molecule has 9 nitrogen and oxygen atoms in total. The number of esters is 1. The molecule has 0 saturated carbocycles. The maximum atomic E-state index is 13.6. The first kappa shape index (κ1) is 30.5. The molecule has 1 aromatic heterocycles. The Hall–Kier alpha value is -4.00. The van der Waals surface area contributed by atoms with E-state index in [4.69, 9.17) is 23.9 Å². The summed E-state index contributed by atoms with van der Waals surface area (Å²) in [7, 11) is 4.39. The third-order valence-electron chi connectivity index (χ3n) is 6.30. The van der Waals surface area contributed by atoms with Crippen LogP contribution in [0.15, 0.2) is 96.1 Å². The van der Waals surface area contributed by atoms with E-state index in [-0.39, 0.29) is 16.9 Å². The van der Waals surface area contributed by atoms with Gasteiger partial charge in [-0.2, -0.15) is 9.78 Å². The quantitative estimate of drug-likeness (QED) is 0.0917. The second kappa shape index (κ2) is 13.1. The third kappa shape index (κ3) is 6.36. The first-order valence-electron chi connectivity index (χ1n) is 12.6. The molecule has 0 radical (unpaired) electrons. The summed E-state index contributed by atoms with van der Waals surface area (Å²) in [4.78, 5) is 31.7. The summed E-state index contributed by atoms with van der Waals surface area (Å²) in [6.45, 7) is 0. The fourth-order valence-electron chi connectivity index (χ4n) is 4.27. The number of para-hydroxylation sites is 1. The van der Waals surface area contributed by atoms with Crippen molar-refractivity contribution >= 4 is 70.9 Å². The summed E-state index contributed by atoms with van der Waals surface area (Å²) < 4.78 is 25.2. The van der Waals surface area contributed by atoms with Gasteiger partial charge in [-0.05, 0) is 64.5 Å². The van der Waals surface area contributed by atoms with E-state index in [0.717, 1.165) is 4.47 Å². The van der Waals surface area contributed by atoms with Gasteiger partial charge in [-0.15, -0.1) is 0 Å². The Morgan fingerprint density at radius 3 is 2.16 bits per heavy atom. The number of carbonyl (C=O) groups excluding carboxylic acids is 1. The van der Waals surface area contributed by atoms with Crippen LogP contribution < -0.4 is 24.5 Å². The average molecular weight is 772 g/mol. The van der Waals surface area contributed by atoms with Crippen molar-refractivity contribution in [3.8, 4) is 34.4 Å². The first-order valence-corrected chi connectivity index (χ1v) is 14.9. The predicted octanol–water partition coefficient (Wildman–Crippen LogP) is 7.48. The van der Waals surface area contributed by atoms with Crippen molar-refractivity contribution in [3.63, 3.8) is 0 Å². The minimum atomic E-state index is -0.683. The largest absolute Gasteiger partial charge is 0.493 e. The molecule has 0 saturated heterocycles. The lowest BCUT2D eigenvalue weighted by atomic mass is 10.1. The summed E-state index contributed by atoms with van der Waals surface area (Å²) in [5.41, 5.74) is 1.45. The number of ether oxygens (including phenoxy) is 4. The van der Waals surface area contributed by atoms with Crippen molar-refractivity contribution in [1.82, 2.24) is 9.66 Å². The Balaban J connectivity index is 1.60. The number of benzene rings is 4. The molecule has 12 heteroatoms. The molecule has 0 fully saturated rings. The molecule has 0 bridgehead atoms. The molecule has 5 aromatic rings. The van der Waals surface area contributed by atoms with Crippen LogP contribution in [0.5, 0.6) is 23.0 Å². The molecule has 218 valence electrons. The first-order chi connectivity index (χ1) is 20.7. The number of rotatable bonds is 8. The molecule has 0 aliphatic heterocycles. The number of hydrogen-bond donors (Lipinski definition) is 0. The number of carbonyl (C=O) groups is 1. The lowest BCUT2D eigenvalue weighted by Crippen LogP contribution is -2.20. The van der Waals surface area contributed by atoms with Gasteiger partial charge in [0, 0.05) is 20.1 Å². The minimum absolute atomic E-state index is 0.166. The fraction of sp³-hybridized carbons (Fsp3) is 0.0968. The van der Waals surface area contributed by atoms with Gasteiger partial charge in [-0.1, -0.05) is 56.1 Å². The average Bonchev–Trinajstić information content (AvgIpc) is 3.01. The van der Waals surface area contributed by atoms with Gasteiger partial charge in [-0.25, -0.2) is 9.78 Å². The van der Waals surface area contributed by atoms with Crippen molar-refractivity contribution in [2.75, 3.05) is 21.3 Å². The van der Waals surface area contributed by atoms with Crippen LogP contribution in [0.3, 0.4) is 0 Å². The van der Waals surface area contributed by atoms with Gasteiger partial charge in [0.25, 0.3) is 5.56 Å². The number of fused-ring (bicyclic) bond motifs is 1. The van der Waals surface area contributed by atoms with Gasteiger partial charge >= 0.3 is 5.97 Å². The van der Waals surface area contributed by atoms with E-state index >= 15 is 0 Å². The summed E-state index contributed by atoms with van der Waals surface area (Å²) in [6.07, 6.45) is 1.44. The highest BCUT2D eigenvalue weighted by atomic mass is 79.9. The molecular weight excluding hydrogens is 750 g/mol. The normalized spacial score (nSPS) is 11.1. The zero-order valence-corrected chi connectivity index (χ0v) is 27.7. The van der Waals surface area contributed by atoms with Crippen molar-refractivity contribution in [3.05, 3.63) is 108 Å². The van der Waals surface area contributed by atoms with Crippen LogP contribution in [0.2, 0.25) is 0 Å². The van der Waals surface area contributed by atoms with Gasteiger partial charge in [0.2, 0.25) is 5.75 Å². The van der Waals surface area contributed by atoms with Crippen molar-refractivity contribution in [1.29, 1.82) is 0 Å². The molecule has 0 aliphatic carbocycles. The molecule has 0 atom stereocenters. The Morgan fingerprint density at radius 1 is 0.837 bits per heavy atom. The SMILES string of the molecule is COc1cc(C(=O)Oc2c(Br)cc(Br)cc2C=Nn2c(-c3ccc(Br)cc3)nc3ccccc3c2=O)cc(OC)c1OC. The standard InChI is InChI=1S/C31H22Br3N3O6/c1-40-25-13-18(14-26(41-2)28(25)42-3)31(39)43-27-19(12-21(33)15-23(27)34)16-35-37-29(17-8-10-20(32)11-9-17)36-24-7-5-4-6-22(24)30(37)38/h4-16H,1-3H3. The smallest absolute Gasteiger partial charge is 0.343 e. The fourth-order valence-corrected chi connectivity index (χ4v) is 5.87. The van der Waals surface area contributed by atoms with Crippen LogP contribution in [0.4, 0.5) is 0 Å². The minimum Gasteiger partial charge on any atom is -0.493 e. The molecule has 1 heterocycles. The van der Waals surface area contributed by atoms with Crippen molar-refractivity contribution in [2.45, 2.75) is 0 Å². The molecular formula is C31H22Br3N3O6. The third-order valence-corrected chi connectivity index (χ3v) is 7.88. The van der Waals surface area contributed by atoms with Gasteiger partial charge in [0.1, 0.15) is 0 Å².